The average Bonchev–Trinajstić information content (AvgIpc) is 2.78. The molecule has 0 saturated carbocycles. The van der Waals surface area contributed by atoms with Gasteiger partial charge in [0.1, 0.15) is 11.4 Å². The molecule has 31 heavy (non-hydrogen) atoms. The van der Waals surface area contributed by atoms with Crippen molar-refractivity contribution in [3.05, 3.63) is 65.2 Å². The summed E-state index contributed by atoms with van der Waals surface area (Å²) in [6.45, 7) is 3.03. The van der Waals surface area contributed by atoms with Crippen molar-refractivity contribution in [2.45, 2.75) is 26.4 Å². The van der Waals surface area contributed by atoms with E-state index in [9.17, 15) is 10.0 Å². The van der Waals surface area contributed by atoms with Gasteiger partial charge in [-0.2, -0.15) is 5.10 Å². The van der Waals surface area contributed by atoms with Crippen LogP contribution in [0.5, 0.6) is 0 Å². The van der Waals surface area contributed by atoms with E-state index in [2.05, 4.69) is 15.7 Å². The highest BCUT2D eigenvalue weighted by Crippen LogP contribution is 2.29. The quantitative estimate of drug-likeness (QED) is 0.192. The SMILES string of the molecule is CC(=NO)C(=NNC(N)=S)c1ccc2c(c1)CCC(=O)N2CCOCc1ccccc1. The predicted octanol–water partition coefficient (Wildman–Crippen LogP) is 2.57. The summed E-state index contributed by atoms with van der Waals surface area (Å²) < 4.78 is 5.76. The summed E-state index contributed by atoms with van der Waals surface area (Å²) in [7, 11) is 0. The van der Waals surface area contributed by atoms with Crippen LogP contribution >= 0.6 is 12.2 Å². The number of nitrogens with zero attached hydrogens (tertiary/aromatic N) is 3. The van der Waals surface area contributed by atoms with E-state index in [1.807, 2.05) is 48.5 Å². The first-order valence-electron chi connectivity index (χ1n) is 9.87. The van der Waals surface area contributed by atoms with E-state index >= 15 is 0 Å². The molecule has 1 heterocycles. The zero-order chi connectivity index (χ0) is 22.2. The molecule has 4 N–H and O–H groups in total. The van der Waals surface area contributed by atoms with Crippen LogP contribution in [0, 0.1) is 0 Å². The minimum absolute atomic E-state index is 0.00785. The number of aryl methyl sites for hydroxylation is 1. The molecule has 162 valence electrons. The number of ether oxygens (including phenoxy) is 1. The van der Waals surface area contributed by atoms with Crippen LogP contribution in [0.2, 0.25) is 0 Å². The van der Waals surface area contributed by atoms with Gasteiger partial charge in [0.25, 0.3) is 0 Å². The number of hydrogen-bond acceptors (Lipinski definition) is 6. The number of carbonyl (C=O) groups excluding carboxylic acids is 1. The number of hydrogen-bond donors (Lipinski definition) is 3. The number of nitrogens with one attached hydrogen (secondary N) is 1. The molecule has 2 aromatic rings. The molecule has 9 heteroatoms. The minimum atomic E-state index is 0.00785. The lowest BCUT2D eigenvalue weighted by atomic mass is 9.96. The molecule has 0 fully saturated rings. The van der Waals surface area contributed by atoms with Crippen LogP contribution in [0.25, 0.3) is 0 Å². The zero-order valence-corrected chi connectivity index (χ0v) is 18.1. The van der Waals surface area contributed by atoms with Gasteiger partial charge in [0.2, 0.25) is 5.91 Å². The van der Waals surface area contributed by atoms with Crippen molar-refractivity contribution in [1.82, 2.24) is 5.43 Å². The molecule has 1 aliphatic heterocycles. The Morgan fingerprint density at radius 1 is 1.26 bits per heavy atom. The average molecular weight is 440 g/mol. The molecule has 3 rings (SSSR count). The number of amides is 1. The van der Waals surface area contributed by atoms with E-state index in [1.54, 1.807) is 11.8 Å². The van der Waals surface area contributed by atoms with Crippen molar-refractivity contribution < 1.29 is 14.7 Å². The van der Waals surface area contributed by atoms with Gasteiger partial charge in [0.15, 0.2) is 5.11 Å². The predicted molar refractivity (Wildman–Crippen MR) is 125 cm³/mol. The number of carbonyl (C=O) groups is 1. The van der Waals surface area contributed by atoms with Gasteiger partial charge in [-0.25, -0.2) is 0 Å². The fraction of sp³-hybridized carbons (Fsp3) is 0.273. The highest BCUT2D eigenvalue weighted by atomic mass is 32.1. The first-order chi connectivity index (χ1) is 15.0. The third-order valence-electron chi connectivity index (χ3n) is 4.89. The topological polar surface area (TPSA) is 113 Å². The molecule has 0 aliphatic carbocycles. The van der Waals surface area contributed by atoms with Gasteiger partial charge in [0, 0.05) is 24.2 Å². The first kappa shape index (κ1) is 22.4. The number of hydrazone groups is 1. The van der Waals surface area contributed by atoms with Crippen LogP contribution in [-0.2, 0) is 22.6 Å². The highest BCUT2D eigenvalue weighted by Gasteiger charge is 2.25. The number of rotatable bonds is 8. The number of oxime groups is 1. The lowest BCUT2D eigenvalue weighted by Gasteiger charge is -2.30. The number of thiocarbonyl (C=S) groups is 1. The Kier molecular flexibility index (Phi) is 7.69. The van der Waals surface area contributed by atoms with Crippen molar-refractivity contribution in [3.8, 4) is 0 Å². The number of fused-ring (bicyclic) bond motifs is 1. The van der Waals surface area contributed by atoms with Gasteiger partial charge < -0.3 is 20.6 Å². The first-order valence-corrected chi connectivity index (χ1v) is 10.3. The zero-order valence-electron chi connectivity index (χ0n) is 17.2. The Morgan fingerprint density at radius 2 is 2.03 bits per heavy atom. The van der Waals surface area contributed by atoms with Crippen LogP contribution in [0.15, 0.2) is 58.8 Å². The van der Waals surface area contributed by atoms with E-state index in [0.717, 1.165) is 22.4 Å². The monoisotopic (exact) mass is 439 g/mol. The van der Waals surface area contributed by atoms with Gasteiger partial charge in [-0.1, -0.05) is 41.6 Å². The molecule has 0 bridgehead atoms. The Labute approximate surface area is 186 Å². The minimum Gasteiger partial charge on any atom is -0.411 e. The maximum Gasteiger partial charge on any atom is 0.227 e. The van der Waals surface area contributed by atoms with Gasteiger partial charge in [-0.15, -0.1) is 0 Å². The Hall–Kier alpha value is -3.30. The maximum atomic E-state index is 12.5. The summed E-state index contributed by atoms with van der Waals surface area (Å²) in [6, 6.07) is 15.6. The Morgan fingerprint density at radius 3 is 2.74 bits per heavy atom. The molecular weight excluding hydrogens is 414 g/mol. The molecule has 1 aliphatic rings. The molecule has 8 nitrogen and oxygen atoms in total. The van der Waals surface area contributed by atoms with Gasteiger partial charge in [-0.3, -0.25) is 10.2 Å². The molecule has 0 saturated heterocycles. The molecule has 0 radical (unpaired) electrons. The van der Waals surface area contributed by atoms with Crippen molar-refractivity contribution in [3.63, 3.8) is 0 Å². The van der Waals surface area contributed by atoms with E-state index in [0.29, 0.717) is 44.0 Å². The molecule has 2 aromatic carbocycles. The number of benzene rings is 2. The second kappa shape index (κ2) is 10.6. The van der Waals surface area contributed by atoms with Crippen LogP contribution in [0.1, 0.15) is 30.0 Å². The fourth-order valence-electron chi connectivity index (χ4n) is 3.39. The summed E-state index contributed by atoms with van der Waals surface area (Å²) in [4.78, 5) is 14.3. The summed E-state index contributed by atoms with van der Waals surface area (Å²) >= 11 is 4.80. The molecule has 1 amide bonds. The van der Waals surface area contributed by atoms with E-state index in [-0.39, 0.29) is 11.0 Å². The third kappa shape index (κ3) is 5.87. The number of anilines is 1. The summed E-state index contributed by atoms with van der Waals surface area (Å²) in [5.41, 5.74) is 12.4. The Balaban J connectivity index is 1.74. The third-order valence-corrected chi connectivity index (χ3v) is 4.99. The van der Waals surface area contributed by atoms with Gasteiger partial charge in [0.05, 0.1) is 13.2 Å². The van der Waals surface area contributed by atoms with Crippen LogP contribution in [0.3, 0.4) is 0 Å². The van der Waals surface area contributed by atoms with E-state index in [4.69, 9.17) is 22.7 Å². The largest absolute Gasteiger partial charge is 0.411 e. The Bertz CT molecular complexity index is 1010. The van der Waals surface area contributed by atoms with Crippen molar-refractivity contribution >= 4 is 40.3 Å². The molecule has 0 atom stereocenters. The highest BCUT2D eigenvalue weighted by molar-refractivity contribution is 7.80. The lowest BCUT2D eigenvalue weighted by molar-refractivity contribution is -0.119. The summed E-state index contributed by atoms with van der Waals surface area (Å²) in [5.74, 6) is 0.0701. The normalized spacial score (nSPS) is 14.4. The van der Waals surface area contributed by atoms with E-state index in [1.165, 1.54) is 0 Å². The molecule has 0 unspecified atom stereocenters. The van der Waals surface area contributed by atoms with Crippen LogP contribution in [-0.4, -0.2) is 40.8 Å². The molecular formula is C22H25N5O3S. The molecule has 0 spiro atoms. The van der Waals surface area contributed by atoms with Crippen LogP contribution in [0.4, 0.5) is 5.69 Å². The van der Waals surface area contributed by atoms with Crippen molar-refractivity contribution in [1.29, 1.82) is 0 Å². The lowest BCUT2D eigenvalue weighted by Crippen LogP contribution is -2.37. The molecule has 0 aromatic heterocycles. The van der Waals surface area contributed by atoms with Crippen LogP contribution < -0.4 is 16.1 Å². The fourth-order valence-corrected chi connectivity index (χ4v) is 3.43. The maximum absolute atomic E-state index is 12.5. The second-order valence-electron chi connectivity index (χ2n) is 7.05. The summed E-state index contributed by atoms with van der Waals surface area (Å²) in [6.07, 6.45) is 1.04. The smallest absolute Gasteiger partial charge is 0.227 e. The van der Waals surface area contributed by atoms with Gasteiger partial charge >= 0.3 is 0 Å². The second-order valence-corrected chi connectivity index (χ2v) is 7.49. The number of nitrogens with two attached hydrogens (primary N) is 1. The van der Waals surface area contributed by atoms with E-state index < -0.39 is 0 Å². The van der Waals surface area contributed by atoms with Gasteiger partial charge in [-0.05, 0) is 48.8 Å². The van der Waals surface area contributed by atoms with Crippen molar-refractivity contribution in [2.24, 2.45) is 16.0 Å². The summed E-state index contributed by atoms with van der Waals surface area (Å²) in [5, 5.41) is 16.6. The standard InChI is InChI=1S/C22H25N5O3S/c1-15(26-29)21(24-25-22(23)31)18-7-9-19-17(13-18)8-10-20(28)27(19)11-12-30-14-16-5-3-2-4-6-16/h2-7,9,13,29H,8,10-12,14H2,1H3,(H3,23,25,31). The van der Waals surface area contributed by atoms with Crippen molar-refractivity contribution in [2.75, 3.05) is 18.1 Å².